The van der Waals surface area contributed by atoms with Gasteiger partial charge in [0.2, 0.25) is 0 Å². The van der Waals surface area contributed by atoms with Crippen LogP contribution in [0.25, 0.3) is 0 Å². The summed E-state index contributed by atoms with van der Waals surface area (Å²) in [5.41, 5.74) is 2.04. The fourth-order valence-electron chi connectivity index (χ4n) is 4.72. The van der Waals surface area contributed by atoms with E-state index in [0.717, 1.165) is 31.7 Å². The number of rotatable bonds is 6. The van der Waals surface area contributed by atoms with Gasteiger partial charge < -0.3 is 15.1 Å². The molecule has 1 saturated heterocycles. The average molecular weight is 572 g/mol. The van der Waals surface area contributed by atoms with Crippen molar-refractivity contribution in [3.05, 3.63) is 53.6 Å². The smallest absolute Gasteiger partial charge is 0.478 e. The van der Waals surface area contributed by atoms with Crippen molar-refractivity contribution in [3.63, 3.8) is 0 Å². The molecule has 2 aliphatic rings. The maximum atomic E-state index is 13.0. The van der Waals surface area contributed by atoms with Gasteiger partial charge in [0.15, 0.2) is 0 Å². The molecule has 2 fully saturated rings. The standard InChI is InChI=1S/C24H31N3O4S.C2HF3O2/c1-18-7-10-21(11-8-18)32(30,31)25-22-17-19(24(28)29)9-12-23(22)27-15-13-26(14-16-27)20-5-3-2-4-6-20;3-2(4,5)1(6)7/h7-12,17,20,25H,2-6,13-16H2,1H3,(H,28,29);(H,6,7). The fraction of sp³-hybridized carbons (Fsp3) is 0.462. The number of hydrogen-bond acceptors (Lipinski definition) is 6. The second-order valence-electron chi connectivity index (χ2n) is 9.57. The molecule has 1 aliphatic heterocycles. The van der Waals surface area contributed by atoms with E-state index < -0.39 is 28.1 Å². The molecule has 9 nitrogen and oxygen atoms in total. The Labute approximate surface area is 225 Å². The number of nitrogens with zero attached hydrogens (tertiary/aromatic N) is 2. The van der Waals surface area contributed by atoms with Crippen molar-refractivity contribution in [2.24, 2.45) is 0 Å². The van der Waals surface area contributed by atoms with Gasteiger partial charge in [-0.1, -0.05) is 37.0 Å². The number of anilines is 2. The van der Waals surface area contributed by atoms with Crippen molar-refractivity contribution in [1.29, 1.82) is 0 Å². The Morgan fingerprint density at radius 3 is 2.00 bits per heavy atom. The van der Waals surface area contributed by atoms with Crippen LogP contribution in [0.4, 0.5) is 24.5 Å². The number of aromatic carboxylic acids is 1. The second kappa shape index (κ2) is 12.7. The van der Waals surface area contributed by atoms with E-state index in [4.69, 9.17) is 9.90 Å². The average Bonchev–Trinajstić information content (AvgIpc) is 2.89. The molecule has 0 amide bonds. The van der Waals surface area contributed by atoms with Crippen LogP contribution < -0.4 is 9.62 Å². The molecule has 214 valence electrons. The molecule has 1 heterocycles. The van der Waals surface area contributed by atoms with E-state index in [-0.39, 0.29) is 10.5 Å². The number of carbonyl (C=O) groups is 2. The summed E-state index contributed by atoms with van der Waals surface area (Å²) in [5, 5.41) is 16.6. The van der Waals surface area contributed by atoms with Gasteiger partial charge in [0.1, 0.15) is 0 Å². The van der Waals surface area contributed by atoms with Gasteiger partial charge in [-0.3, -0.25) is 9.62 Å². The SMILES string of the molecule is Cc1ccc(S(=O)(=O)Nc2cc(C(=O)O)ccc2N2CCN(C3CCCCC3)CC2)cc1.O=C(O)C(F)(F)F. The predicted octanol–water partition coefficient (Wildman–Crippen LogP) is 4.58. The lowest BCUT2D eigenvalue weighted by atomic mass is 9.94. The van der Waals surface area contributed by atoms with Crippen LogP contribution in [-0.2, 0) is 14.8 Å². The molecule has 4 rings (SSSR count). The van der Waals surface area contributed by atoms with Crippen LogP contribution in [0.3, 0.4) is 0 Å². The Kier molecular flexibility index (Phi) is 9.83. The van der Waals surface area contributed by atoms with Crippen LogP contribution in [0.15, 0.2) is 47.4 Å². The minimum atomic E-state index is -5.08. The summed E-state index contributed by atoms with van der Waals surface area (Å²) >= 11 is 0. The number of nitrogens with one attached hydrogen (secondary N) is 1. The summed E-state index contributed by atoms with van der Waals surface area (Å²) in [6.45, 7) is 5.31. The van der Waals surface area contributed by atoms with Crippen molar-refractivity contribution in [2.75, 3.05) is 35.8 Å². The van der Waals surface area contributed by atoms with E-state index in [0.29, 0.717) is 17.4 Å². The first kappa shape index (κ1) is 30.2. The lowest BCUT2D eigenvalue weighted by Crippen LogP contribution is -2.51. The normalized spacial score (nSPS) is 17.2. The Morgan fingerprint density at radius 1 is 0.923 bits per heavy atom. The molecular formula is C26H32F3N3O6S. The summed E-state index contributed by atoms with van der Waals surface area (Å²) < 4.78 is 60.4. The number of piperazine rings is 1. The van der Waals surface area contributed by atoms with Gasteiger partial charge in [-0.25, -0.2) is 18.0 Å². The van der Waals surface area contributed by atoms with Gasteiger partial charge in [0.25, 0.3) is 10.0 Å². The summed E-state index contributed by atoms with van der Waals surface area (Å²) in [7, 11) is -3.84. The van der Waals surface area contributed by atoms with Crippen LogP contribution in [-0.4, -0.2) is 73.9 Å². The number of carboxylic acids is 2. The quantitative estimate of drug-likeness (QED) is 0.460. The molecule has 13 heteroatoms. The van der Waals surface area contributed by atoms with E-state index in [1.165, 1.54) is 44.2 Å². The largest absolute Gasteiger partial charge is 0.490 e. The van der Waals surface area contributed by atoms with Crippen molar-refractivity contribution in [3.8, 4) is 0 Å². The van der Waals surface area contributed by atoms with Crippen LogP contribution >= 0.6 is 0 Å². The Morgan fingerprint density at radius 2 is 1.49 bits per heavy atom. The highest BCUT2D eigenvalue weighted by atomic mass is 32.2. The number of alkyl halides is 3. The monoisotopic (exact) mass is 571 g/mol. The fourth-order valence-corrected chi connectivity index (χ4v) is 5.79. The zero-order chi connectivity index (χ0) is 28.8. The van der Waals surface area contributed by atoms with Gasteiger partial charge >= 0.3 is 18.1 Å². The number of carboxylic acid groups (broad SMARTS) is 2. The molecule has 0 aromatic heterocycles. The number of benzene rings is 2. The van der Waals surface area contributed by atoms with E-state index in [2.05, 4.69) is 14.5 Å². The van der Waals surface area contributed by atoms with E-state index in [1.54, 1.807) is 30.3 Å². The summed E-state index contributed by atoms with van der Waals surface area (Å²) in [6.07, 6.45) is 1.36. The van der Waals surface area contributed by atoms with Gasteiger partial charge in [-0.15, -0.1) is 0 Å². The minimum Gasteiger partial charge on any atom is -0.478 e. The molecule has 0 bridgehead atoms. The zero-order valence-corrected chi connectivity index (χ0v) is 22.3. The number of halogens is 3. The third kappa shape index (κ3) is 8.33. The van der Waals surface area contributed by atoms with Gasteiger partial charge in [-0.05, 0) is 50.1 Å². The summed E-state index contributed by atoms with van der Waals surface area (Å²) in [5.74, 6) is -3.85. The molecule has 3 N–H and O–H groups in total. The highest BCUT2D eigenvalue weighted by Crippen LogP contribution is 2.32. The molecule has 1 saturated carbocycles. The second-order valence-corrected chi connectivity index (χ2v) is 11.3. The third-order valence-corrected chi connectivity index (χ3v) is 8.19. The molecular weight excluding hydrogens is 539 g/mol. The zero-order valence-electron chi connectivity index (χ0n) is 21.4. The molecule has 0 unspecified atom stereocenters. The molecule has 2 aromatic carbocycles. The van der Waals surface area contributed by atoms with Gasteiger partial charge in [0.05, 0.1) is 21.8 Å². The maximum Gasteiger partial charge on any atom is 0.490 e. The number of aryl methyl sites for hydroxylation is 1. The Hall–Kier alpha value is -3.32. The van der Waals surface area contributed by atoms with Crippen molar-refractivity contribution >= 4 is 33.3 Å². The van der Waals surface area contributed by atoms with Crippen LogP contribution in [0, 0.1) is 6.92 Å². The number of aliphatic carboxylic acids is 1. The Balaban J connectivity index is 0.000000532. The van der Waals surface area contributed by atoms with Crippen LogP contribution in [0.5, 0.6) is 0 Å². The first-order valence-corrected chi connectivity index (χ1v) is 14.0. The lowest BCUT2D eigenvalue weighted by molar-refractivity contribution is -0.192. The van der Waals surface area contributed by atoms with E-state index in [9.17, 15) is 31.5 Å². The molecule has 39 heavy (non-hydrogen) atoms. The van der Waals surface area contributed by atoms with Gasteiger partial charge in [-0.2, -0.15) is 13.2 Å². The summed E-state index contributed by atoms with van der Waals surface area (Å²) in [6, 6.07) is 11.9. The van der Waals surface area contributed by atoms with Crippen LogP contribution in [0.2, 0.25) is 0 Å². The molecule has 0 atom stereocenters. The van der Waals surface area contributed by atoms with E-state index >= 15 is 0 Å². The first-order chi connectivity index (χ1) is 18.3. The van der Waals surface area contributed by atoms with Crippen LogP contribution in [0.1, 0.15) is 48.0 Å². The third-order valence-electron chi connectivity index (χ3n) is 6.81. The maximum absolute atomic E-state index is 13.0. The molecule has 2 aromatic rings. The minimum absolute atomic E-state index is 0.0520. The molecule has 1 aliphatic carbocycles. The predicted molar refractivity (Wildman–Crippen MR) is 140 cm³/mol. The molecule has 0 spiro atoms. The topological polar surface area (TPSA) is 127 Å². The number of sulfonamides is 1. The first-order valence-electron chi connectivity index (χ1n) is 12.5. The van der Waals surface area contributed by atoms with Crippen molar-refractivity contribution < 1.29 is 41.4 Å². The summed E-state index contributed by atoms with van der Waals surface area (Å²) in [4.78, 5) is 25.3. The van der Waals surface area contributed by atoms with E-state index in [1.807, 2.05) is 6.92 Å². The lowest BCUT2D eigenvalue weighted by Gasteiger charge is -2.42. The molecule has 0 radical (unpaired) electrons. The van der Waals surface area contributed by atoms with Gasteiger partial charge in [0, 0.05) is 32.2 Å². The highest BCUT2D eigenvalue weighted by molar-refractivity contribution is 7.92. The van der Waals surface area contributed by atoms with Crippen molar-refractivity contribution in [2.45, 2.75) is 56.1 Å². The highest BCUT2D eigenvalue weighted by Gasteiger charge is 2.38. The number of hydrogen-bond donors (Lipinski definition) is 3. The van der Waals surface area contributed by atoms with Crippen molar-refractivity contribution in [1.82, 2.24) is 4.90 Å². The Bertz CT molecular complexity index is 1250.